The summed E-state index contributed by atoms with van der Waals surface area (Å²) in [4.78, 5) is 22.5. The summed E-state index contributed by atoms with van der Waals surface area (Å²) in [5.74, 6) is -3.62. The highest BCUT2D eigenvalue weighted by Crippen LogP contribution is 2.29. The van der Waals surface area contributed by atoms with Gasteiger partial charge in [-0.05, 0) is 25.1 Å². The molecule has 0 aromatic heterocycles. The highest BCUT2D eigenvalue weighted by atomic mass is 79.9. The summed E-state index contributed by atoms with van der Waals surface area (Å²) in [6, 6.07) is 3.13. The summed E-state index contributed by atoms with van der Waals surface area (Å²) in [7, 11) is 0. The number of rotatable bonds is 5. The van der Waals surface area contributed by atoms with Crippen LogP contribution >= 0.6 is 15.9 Å². The summed E-state index contributed by atoms with van der Waals surface area (Å²) in [5, 5.41) is 9.73. The minimum Gasteiger partial charge on any atom is -0.507 e. The molecule has 0 unspecified atom stereocenters. The minimum absolute atomic E-state index is 0.0281. The molecule has 0 aliphatic rings. The van der Waals surface area contributed by atoms with Crippen molar-refractivity contribution < 1.29 is 37.3 Å². The SMILES string of the molecule is CCOC(=O)C(=O)/C=C(\O)c1cc(Br)cc(OC(F)(F)F)c1. The minimum atomic E-state index is -4.90. The van der Waals surface area contributed by atoms with Crippen LogP contribution in [0.25, 0.3) is 5.76 Å². The van der Waals surface area contributed by atoms with Crippen molar-refractivity contribution in [2.75, 3.05) is 6.61 Å². The lowest BCUT2D eigenvalue weighted by Gasteiger charge is -2.10. The van der Waals surface area contributed by atoms with Crippen molar-refractivity contribution in [2.45, 2.75) is 13.3 Å². The number of esters is 1. The molecule has 1 aromatic rings. The third-order valence-electron chi connectivity index (χ3n) is 2.15. The smallest absolute Gasteiger partial charge is 0.507 e. The van der Waals surface area contributed by atoms with E-state index >= 15 is 0 Å². The Morgan fingerprint density at radius 2 is 1.95 bits per heavy atom. The molecular weight excluding hydrogens is 373 g/mol. The first-order chi connectivity index (χ1) is 10.1. The fraction of sp³-hybridized carbons (Fsp3) is 0.231. The lowest BCUT2D eigenvalue weighted by molar-refractivity contribution is -0.274. The molecule has 9 heteroatoms. The van der Waals surface area contributed by atoms with Gasteiger partial charge in [0.2, 0.25) is 0 Å². The van der Waals surface area contributed by atoms with Crippen LogP contribution in [0.1, 0.15) is 12.5 Å². The molecule has 0 aliphatic carbocycles. The Morgan fingerprint density at radius 3 is 2.50 bits per heavy atom. The van der Waals surface area contributed by atoms with Gasteiger partial charge in [-0.3, -0.25) is 4.79 Å². The van der Waals surface area contributed by atoms with Crippen LogP contribution in [0.3, 0.4) is 0 Å². The standard InChI is InChI=1S/C13H10BrF3O5/c1-2-21-12(20)11(19)6-10(18)7-3-8(14)5-9(4-7)22-13(15,16)17/h3-6,18H,2H2,1H3/b10-6-. The number of ketones is 1. The van der Waals surface area contributed by atoms with Gasteiger partial charge < -0.3 is 14.6 Å². The van der Waals surface area contributed by atoms with E-state index in [9.17, 15) is 27.9 Å². The first kappa shape index (κ1) is 18.0. The Labute approximate surface area is 131 Å². The molecular formula is C13H10BrF3O5. The van der Waals surface area contributed by atoms with Crippen molar-refractivity contribution in [1.82, 2.24) is 0 Å². The Bertz CT molecular complexity index is 610. The fourth-order valence-corrected chi connectivity index (χ4v) is 1.84. The molecule has 0 aliphatic heterocycles. The predicted octanol–water partition coefficient (Wildman–Crippen LogP) is 3.38. The van der Waals surface area contributed by atoms with Crippen LogP contribution in [-0.4, -0.2) is 29.8 Å². The van der Waals surface area contributed by atoms with E-state index in [1.165, 1.54) is 13.0 Å². The van der Waals surface area contributed by atoms with Crippen molar-refractivity contribution >= 4 is 33.4 Å². The monoisotopic (exact) mass is 382 g/mol. The molecule has 22 heavy (non-hydrogen) atoms. The molecule has 0 atom stereocenters. The number of aliphatic hydroxyl groups excluding tert-OH is 1. The van der Waals surface area contributed by atoms with Gasteiger partial charge in [0.25, 0.3) is 5.78 Å². The molecule has 0 saturated heterocycles. The zero-order valence-electron chi connectivity index (χ0n) is 11.1. The number of ether oxygens (including phenoxy) is 2. The molecule has 120 valence electrons. The van der Waals surface area contributed by atoms with Crippen molar-refractivity contribution in [2.24, 2.45) is 0 Å². The van der Waals surface area contributed by atoms with Gasteiger partial charge in [0, 0.05) is 16.1 Å². The lowest BCUT2D eigenvalue weighted by Crippen LogP contribution is -2.17. The van der Waals surface area contributed by atoms with Crippen LogP contribution in [0.2, 0.25) is 0 Å². The predicted molar refractivity (Wildman–Crippen MR) is 73.1 cm³/mol. The average Bonchev–Trinajstić information content (AvgIpc) is 2.35. The maximum Gasteiger partial charge on any atom is 0.573 e. The summed E-state index contributed by atoms with van der Waals surface area (Å²) in [5.41, 5.74) is -0.147. The van der Waals surface area contributed by atoms with Gasteiger partial charge >= 0.3 is 12.3 Å². The maximum atomic E-state index is 12.2. The molecule has 0 bridgehead atoms. The highest BCUT2D eigenvalue weighted by molar-refractivity contribution is 9.10. The first-order valence-corrected chi connectivity index (χ1v) is 6.60. The van der Waals surface area contributed by atoms with Crippen LogP contribution in [-0.2, 0) is 14.3 Å². The number of halogens is 4. The molecule has 1 N–H and O–H groups in total. The van der Waals surface area contributed by atoms with Crippen LogP contribution in [0, 0.1) is 0 Å². The van der Waals surface area contributed by atoms with E-state index in [4.69, 9.17) is 0 Å². The van der Waals surface area contributed by atoms with Crippen LogP contribution < -0.4 is 4.74 Å². The van der Waals surface area contributed by atoms with Crippen molar-refractivity contribution in [3.05, 3.63) is 34.3 Å². The normalized spacial score (nSPS) is 12.0. The van der Waals surface area contributed by atoms with Crippen LogP contribution in [0.5, 0.6) is 5.75 Å². The van der Waals surface area contributed by atoms with Crippen molar-refractivity contribution in [3.63, 3.8) is 0 Å². The summed E-state index contributed by atoms with van der Waals surface area (Å²) >= 11 is 2.95. The topological polar surface area (TPSA) is 72.8 Å². The molecule has 0 amide bonds. The van der Waals surface area contributed by atoms with Crippen LogP contribution in [0.15, 0.2) is 28.7 Å². The van der Waals surface area contributed by atoms with Gasteiger partial charge in [0.05, 0.1) is 6.61 Å². The number of carbonyl (C=O) groups is 2. The molecule has 0 fully saturated rings. The number of alkyl halides is 3. The fourth-order valence-electron chi connectivity index (χ4n) is 1.37. The maximum absolute atomic E-state index is 12.2. The Kier molecular flexibility index (Phi) is 5.98. The van der Waals surface area contributed by atoms with E-state index in [0.717, 1.165) is 12.1 Å². The Hall–Kier alpha value is -2.03. The largest absolute Gasteiger partial charge is 0.573 e. The van der Waals surface area contributed by atoms with E-state index < -0.39 is 29.6 Å². The molecule has 0 saturated carbocycles. The van der Waals surface area contributed by atoms with Gasteiger partial charge in [0.15, 0.2) is 0 Å². The highest BCUT2D eigenvalue weighted by Gasteiger charge is 2.31. The van der Waals surface area contributed by atoms with E-state index in [2.05, 4.69) is 25.4 Å². The van der Waals surface area contributed by atoms with E-state index in [1.807, 2.05) is 0 Å². The third-order valence-corrected chi connectivity index (χ3v) is 2.60. The molecule has 1 rings (SSSR count). The average molecular weight is 383 g/mol. The van der Waals surface area contributed by atoms with Gasteiger partial charge in [-0.2, -0.15) is 0 Å². The summed E-state index contributed by atoms with van der Waals surface area (Å²) in [6.45, 7) is 1.46. The molecule has 5 nitrogen and oxygen atoms in total. The van der Waals surface area contributed by atoms with Crippen LogP contribution in [0.4, 0.5) is 13.2 Å². The van der Waals surface area contributed by atoms with E-state index in [1.54, 1.807) is 0 Å². The van der Waals surface area contributed by atoms with Gasteiger partial charge in [-0.15, -0.1) is 13.2 Å². The number of aliphatic hydroxyl groups is 1. The molecule has 0 heterocycles. The Morgan fingerprint density at radius 1 is 1.32 bits per heavy atom. The third kappa shape index (κ3) is 5.76. The second kappa shape index (κ2) is 7.30. The number of hydrogen-bond acceptors (Lipinski definition) is 5. The van der Waals surface area contributed by atoms with E-state index in [0.29, 0.717) is 6.08 Å². The van der Waals surface area contributed by atoms with Gasteiger partial charge in [-0.1, -0.05) is 15.9 Å². The zero-order valence-corrected chi connectivity index (χ0v) is 12.7. The lowest BCUT2D eigenvalue weighted by atomic mass is 10.1. The summed E-state index contributed by atoms with van der Waals surface area (Å²) < 4.78 is 44.9. The second-order valence-corrected chi connectivity index (χ2v) is 4.75. The number of hydrogen-bond donors (Lipinski definition) is 1. The molecule has 1 aromatic carbocycles. The first-order valence-electron chi connectivity index (χ1n) is 5.81. The van der Waals surface area contributed by atoms with Gasteiger partial charge in [0.1, 0.15) is 11.5 Å². The quantitative estimate of drug-likeness (QED) is 0.365. The van der Waals surface area contributed by atoms with Crippen molar-refractivity contribution in [3.8, 4) is 5.75 Å². The Balaban J connectivity index is 3.05. The van der Waals surface area contributed by atoms with E-state index in [-0.39, 0.29) is 16.6 Å². The van der Waals surface area contributed by atoms with Gasteiger partial charge in [-0.25, -0.2) is 4.79 Å². The molecule has 0 radical (unpaired) electrons. The second-order valence-electron chi connectivity index (χ2n) is 3.84. The number of carbonyl (C=O) groups excluding carboxylic acids is 2. The van der Waals surface area contributed by atoms with Crippen molar-refractivity contribution in [1.29, 1.82) is 0 Å². The summed E-state index contributed by atoms with van der Waals surface area (Å²) in [6.07, 6.45) is -4.35. The molecule has 0 spiro atoms. The zero-order chi connectivity index (χ0) is 16.9. The number of benzene rings is 1.